The Hall–Kier alpha value is -0.280. The van der Waals surface area contributed by atoms with Gasteiger partial charge in [0, 0.05) is 13.1 Å². The highest BCUT2D eigenvalue weighted by atomic mass is 35.5. The fraction of sp³-hybridized carbons (Fsp3) is 0.889. The monoisotopic (exact) mass is 204 g/mol. The number of nitrogens with zero attached hydrogens (tertiary/aromatic N) is 1. The molecule has 0 saturated carbocycles. The summed E-state index contributed by atoms with van der Waals surface area (Å²) in [7, 11) is 2.10. The van der Waals surface area contributed by atoms with E-state index in [1.54, 1.807) is 6.92 Å². The van der Waals surface area contributed by atoms with Crippen molar-refractivity contribution in [2.24, 2.45) is 5.92 Å². The maximum atomic E-state index is 11.1. The Morgan fingerprint density at radius 1 is 1.77 bits per heavy atom. The molecule has 1 aliphatic rings. The van der Waals surface area contributed by atoms with Crippen LogP contribution in [0.5, 0.6) is 0 Å². The van der Waals surface area contributed by atoms with Crippen LogP contribution in [0.25, 0.3) is 0 Å². The zero-order valence-electron chi connectivity index (χ0n) is 8.22. The molecule has 0 bridgehead atoms. The number of likely N-dealkylation sites (tertiary alicyclic amines) is 1. The number of alkyl halides is 1. The summed E-state index contributed by atoms with van der Waals surface area (Å²) < 4.78 is 0. The molecule has 1 fully saturated rings. The lowest BCUT2D eigenvalue weighted by molar-refractivity contribution is -0.120. The van der Waals surface area contributed by atoms with Gasteiger partial charge in [-0.15, -0.1) is 11.6 Å². The molecule has 2 unspecified atom stereocenters. The Morgan fingerprint density at radius 2 is 2.46 bits per heavy atom. The van der Waals surface area contributed by atoms with E-state index in [-0.39, 0.29) is 5.91 Å². The van der Waals surface area contributed by atoms with Gasteiger partial charge in [0.1, 0.15) is 5.38 Å². The average molecular weight is 205 g/mol. The molecule has 1 rings (SSSR count). The maximum Gasteiger partial charge on any atom is 0.237 e. The number of hydrogen-bond acceptors (Lipinski definition) is 2. The molecular formula is C9H17ClN2O. The first kappa shape index (κ1) is 10.8. The molecule has 1 aliphatic heterocycles. The van der Waals surface area contributed by atoms with Crippen LogP contribution in [0, 0.1) is 5.92 Å². The zero-order chi connectivity index (χ0) is 9.84. The van der Waals surface area contributed by atoms with E-state index in [1.807, 2.05) is 0 Å². The van der Waals surface area contributed by atoms with E-state index in [4.69, 9.17) is 11.6 Å². The zero-order valence-corrected chi connectivity index (χ0v) is 8.97. The fourth-order valence-electron chi connectivity index (χ4n) is 1.58. The summed E-state index contributed by atoms with van der Waals surface area (Å²) in [5, 5.41) is 2.43. The van der Waals surface area contributed by atoms with Gasteiger partial charge in [0.05, 0.1) is 0 Å². The normalized spacial score (nSPS) is 25.9. The minimum Gasteiger partial charge on any atom is -0.355 e. The Balaban J connectivity index is 2.16. The van der Waals surface area contributed by atoms with Crippen molar-refractivity contribution < 1.29 is 4.79 Å². The molecule has 13 heavy (non-hydrogen) atoms. The summed E-state index contributed by atoms with van der Waals surface area (Å²) in [5.41, 5.74) is 0. The summed E-state index contributed by atoms with van der Waals surface area (Å²) in [5.74, 6) is 0.542. The number of hydrogen-bond donors (Lipinski definition) is 1. The van der Waals surface area contributed by atoms with Gasteiger partial charge in [0.2, 0.25) is 5.91 Å². The summed E-state index contributed by atoms with van der Waals surface area (Å²) in [6.45, 7) is 4.67. The van der Waals surface area contributed by atoms with Crippen molar-refractivity contribution in [3.05, 3.63) is 0 Å². The minimum absolute atomic E-state index is 0.0591. The summed E-state index contributed by atoms with van der Waals surface area (Å²) in [6.07, 6.45) is 1.17. The predicted octanol–water partition coefficient (Wildman–Crippen LogP) is 0.682. The molecule has 0 aliphatic carbocycles. The molecule has 0 aromatic heterocycles. The van der Waals surface area contributed by atoms with Crippen molar-refractivity contribution in [3.63, 3.8) is 0 Å². The second kappa shape index (κ2) is 4.82. The number of halogens is 1. The van der Waals surface area contributed by atoms with Crippen molar-refractivity contribution in [2.45, 2.75) is 18.7 Å². The molecule has 4 heteroatoms. The number of amides is 1. The van der Waals surface area contributed by atoms with Crippen LogP contribution < -0.4 is 5.32 Å². The SMILES string of the molecule is CC(Cl)C(=O)NCC1CCN(C)C1. The van der Waals surface area contributed by atoms with E-state index in [0.717, 1.165) is 19.6 Å². The number of carbonyl (C=O) groups is 1. The minimum atomic E-state index is -0.417. The first-order valence-corrected chi connectivity index (χ1v) is 5.13. The summed E-state index contributed by atoms with van der Waals surface area (Å²) in [6, 6.07) is 0. The van der Waals surface area contributed by atoms with Gasteiger partial charge in [0.15, 0.2) is 0 Å². The molecule has 1 saturated heterocycles. The second-order valence-corrected chi connectivity index (χ2v) is 4.43. The first-order valence-electron chi connectivity index (χ1n) is 4.70. The summed E-state index contributed by atoms with van der Waals surface area (Å²) >= 11 is 5.62. The van der Waals surface area contributed by atoms with Crippen LogP contribution in [-0.4, -0.2) is 42.9 Å². The van der Waals surface area contributed by atoms with Gasteiger partial charge in [-0.05, 0) is 32.9 Å². The van der Waals surface area contributed by atoms with Gasteiger partial charge in [-0.3, -0.25) is 4.79 Å². The molecule has 1 N–H and O–H groups in total. The Kier molecular flexibility index (Phi) is 4.00. The van der Waals surface area contributed by atoms with Gasteiger partial charge in [-0.2, -0.15) is 0 Å². The molecular weight excluding hydrogens is 188 g/mol. The van der Waals surface area contributed by atoms with Crippen LogP contribution >= 0.6 is 11.6 Å². The number of nitrogens with one attached hydrogen (secondary N) is 1. The van der Waals surface area contributed by atoms with E-state index in [2.05, 4.69) is 17.3 Å². The molecule has 76 valence electrons. The molecule has 1 heterocycles. The predicted molar refractivity (Wildman–Crippen MR) is 53.9 cm³/mol. The molecule has 1 amide bonds. The van der Waals surface area contributed by atoms with Gasteiger partial charge in [0.25, 0.3) is 0 Å². The van der Waals surface area contributed by atoms with Crippen LogP contribution in [0.2, 0.25) is 0 Å². The second-order valence-electron chi connectivity index (χ2n) is 3.78. The highest BCUT2D eigenvalue weighted by Crippen LogP contribution is 2.12. The third-order valence-corrected chi connectivity index (χ3v) is 2.61. The molecule has 0 spiro atoms. The highest BCUT2D eigenvalue weighted by molar-refractivity contribution is 6.30. The lowest BCUT2D eigenvalue weighted by atomic mass is 10.1. The maximum absolute atomic E-state index is 11.1. The highest BCUT2D eigenvalue weighted by Gasteiger charge is 2.20. The molecule has 0 radical (unpaired) electrons. The fourth-order valence-corrected chi connectivity index (χ4v) is 1.66. The average Bonchev–Trinajstić information content (AvgIpc) is 2.47. The van der Waals surface area contributed by atoms with E-state index in [0.29, 0.717) is 5.92 Å². The Labute approximate surface area is 84.4 Å². The smallest absolute Gasteiger partial charge is 0.237 e. The standard InChI is InChI=1S/C9H17ClN2O/c1-7(10)9(13)11-5-8-3-4-12(2)6-8/h7-8H,3-6H2,1-2H3,(H,11,13). The topological polar surface area (TPSA) is 32.3 Å². The van der Waals surface area contributed by atoms with E-state index in [9.17, 15) is 4.79 Å². The third kappa shape index (κ3) is 3.53. The Bertz CT molecular complexity index is 184. The molecule has 0 aromatic rings. The van der Waals surface area contributed by atoms with Gasteiger partial charge < -0.3 is 10.2 Å². The van der Waals surface area contributed by atoms with Crippen molar-refractivity contribution in [2.75, 3.05) is 26.7 Å². The Morgan fingerprint density at radius 3 is 2.92 bits per heavy atom. The van der Waals surface area contributed by atoms with Gasteiger partial charge in [-0.1, -0.05) is 0 Å². The van der Waals surface area contributed by atoms with Crippen LogP contribution in [-0.2, 0) is 4.79 Å². The lowest BCUT2D eigenvalue weighted by Gasteiger charge is -2.12. The van der Waals surface area contributed by atoms with Gasteiger partial charge >= 0.3 is 0 Å². The number of rotatable bonds is 3. The molecule has 3 nitrogen and oxygen atoms in total. The molecule has 2 atom stereocenters. The van der Waals surface area contributed by atoms with Crippen LogP contribution in [0.15, 0.2) is 0 Å². The van der Waals surface area contributed by atoms with Gasteiger partial charge in [-0.25, -0.2) is 0 Å². The third-order valence-electron chi connectivity index (χ3n) is 2.42. The van der Waals surface area contributed by atoms with Crippen LogP contribution in [0.3, 0.4) is 0 Å². The van der Waals surface area contributed by atoms with Crippen LogP contribution in [0.1, 0.15) is 13.3 Å². The first-order chi connectivity index (χ1) is 6.09. The largest absolute Gasteiger partial charge is 0.355 e. The van der Waals surface area contributed by atoms with Crippen LogP contribution in [0.4, 0.5) is 0 Å². The summed E-state index contributed by atoms with van der Waals surface area (Å²) in [4.78, 5) is 13.4. The van der Waals surface area contributed by atoms with E-state index >= 15 is 0 Å². The van der Waals surface area contributed by atoms with Crippen molar-refractivity contribution >= 4 is 17.5 Å². The quantitative estimate of drug-likeness (QED) is 0.686. The number of carbonyl (C=O) groups excluding carboxylic acids is 1. The van der Waals surface area contributed by atoms with Crippen molar-refractivity contribution in [1.82, 2.24) is 10.2 Å². The lowest BCUT2D eigenvalue weighted by Crippen LogP contribution is -2.34. The van der Waals surface area contributed by atoms with Crippen molar-refractivity contribution in [3.8, 4) is 0 Å². The molecule has 0 aromatic carbocycles. The van der Waals surface area contributed by atoms with Crippen molar-refractivity contribution in [1.29, 1.82) is 0 Å². The van der Waals surface area contributed by atoms with E-state index < -0.39 is 5.38 Å². The van der Waals surface area contributed by atoms with E-state index in [1.165, 1.54) is 6.42 Å².